The normalized spacial score (nSPS) is 13.8. The number of hydrogen-bond donors (Lipinski definition) is 1. The second-order valence-electron chi connectivity index (χ2n) is 7.53. The lowest BCUT2D eigenvalue weighted by Gasteiger charge is -2.09. The lowest BCUT2D eigenvalue weighted by molar-refractivity contribution is -0.134. The molecule has 0 radical (unpaired) electrons. The molecule has 1 amide bonds. The van der Waals surface area contributed by atoms with Gasteiger partial charge in [-0.3, -0.25) is 14.4 Å². The number of allylic oxidation sites excluding steroid dienone is 4. The monoisotopic (exact) mass is 441 g/mol. The van der Waals surface area contributed by atoms with Gasteiger partial charge >= 0.3 is 16.1 Å². The van der Waals surface area contributed by atoms with Gasteiger partial charge in [0.2, 0.25) is 5.91 Å². The van der Waals surface area contributed by atoms with Gasteiger partial charge in [-0.25, -0.2) is 0 Å². The van der Waals surface area contributed by atoms with Crippen LogP contribution < -0.4 is 5.32 Å². The molecule has 0 saturated carbocycles. The van der Waals surface area contributed by atoms with E-state index in [4.69, 9.17) is 0 Å². The number of amides is 1. The highest BCUT2D eigenvalue weighted by atomic mass is 32.2. The molecule has 8 heteroatoms. The Balaban J connectivity index is 2.06. The Morgan fingerprint density at radius 1 is 0.967 bits per heavy atom. The molecule has 1 rings (SSSR count). The number of hydrogen-bond acceptors (Lipinski definition) is 6. The zero-order valence-electron chi connectivity index (χ0n) is 18.0. The van der Waals surface area contributed by atoms with E-state index >= 15 is 0 Å². The molecule has 1 aliphatic rings. The van der Waals surface area contributed by atoms with Gasteiger partial charge in [-0.1, -0.05) is 64.0 Å². The molecule has 0 aromatic rings. The summed E-state index contributed by atoms with van der Waals surface area (Å²) >= 11 is 0. The van der Waals surface area contributed by atoms with Crippen LogP contribution in [0.5, 0.6) is 0 Å². The zero-order valence-corrected chi connectivity index (χ0v) is 18.8. The lowest BCUT2D eigenvalue weighted by atomic mass is 10.1. The van der Waals surface area contributed by atoms with Gasteiger partial charge in [-0.2, -0.15) is 8.42 Å². The molecule has 0 heterocycles. The van der Waals surface area contributed by atoms with Crippen molar-refractivity contribution in [3.05, 3.63) is 23.1 Å². The topological polar surface area (TPSA) is 107 Å². The Bertz CT molecular complexity index is 724. The fourth-order valence-corrected chi connectivity index (χ4v) is 4.11. The molecule has 0 saturated heterocycles. The Hall–Kier alpha value is -1.96. The molecule has 0 spiro atoms. The van der Waals surface area contributed by atoms with Crippen molar-refractivity contribution in [1.29, 1.82) is 0 Å². The number of unbranched alkanes of at least 4 members (excludes halogenated alkanes) is 8. The molecule has 0 aliphatic heterocycles. The first kappa shape index (κ1) is 26.1. The van der Waals surface area contributed by atoms with Crippen molar-refractivity contribution >= 4 is 27.8 Å². The van der Waals surface area contributed by atoms with Crippen LogP contribution in [0.15, 0.2) is 23.1 Å². The van der Waals surface area contributed by atoms with Crippen molar-refractivity contribution in [3.63, 3.8) is 0 Å². The highest BCUT2D eigenvalue weighted by molar-refractivity contribution is 7.92. The number of carbonyl (C=O) groups excluding carboxylic acids is 3. The molecule has 1 N–H and O–H groups in total. The summed E-state index contributed by atoms with van der Waals surface area (Å²) in [5, 5.41) is 2.87. The average molecular weight is 442 g/mol. The molecule has 30 heavy (non-hydrogen) atoms. The number of rotatable bonds is 16. The van der Waals surface area contributed by atoms with Crippen molar-refractivity contribution in [1.82, 2.24) is 5.32 Å². The van der Waals surface area contributed by atoms with Crippen LogP contribution in [0.3, 0.4) is 0 Å². The van der Waals surface area contributed by atoms with E-state index in [-0.39, 0.29) is 18.7 Å². The molecular formula is C22H35NO6S. The van der Waals surface area contributed by atoms with E-state index in [1.165, 1.54) is 44.3 Å². The van der Waals surface area contributed by atoms with Crippen LogP contribution in [0.1, 0.15) is 90.4 Å². The zero-order chi connectivity index (χ0) is 22.2. The van der Waals surface area contributed by atoms with Crippen LogP contribution in [0, 0.1) is 0 Å². The quantitative estimate of drug-likeness (QED) is 0.286. The third-order valence-corrected chi connectivity index (χ3v) is 6.13. The third kappa shape index (κ3) is 11.3. The molecule has 170 valence electrons. The molecule has 0 aromatic carbocycles. The number of Topliss-reactive ketones (excluding diaryl/α,β-unsaturated/α-hetero) is 1. The molecule has 0 bridgehead atoms. The molecule has 0 unspecified atom stereocenters. The fraction of sp³-hybridized carbons (Fsp3) is 0.682. The summed E-state index contributed by atoms with van der Waals surface area (Å²) < 4.78 is 28.5. The summed E-state index contributed by atoms with van der Waals surface area (Å²) in [5.74, 6) is -1.41. The first-order valence-electron chi connectivity index (χ1n) is 11.0. The molecular weight excluding hydrogens is 406 g/mol. The highest BCUT2D eigenvalue weighted by Crippen LogP contribution is 2.17. The van der Waals surface area contributed by atoms with E-state index in [9.17, 15) is 22.8 Å². The fourth-order valence-electron chi connectivity index (χ4n) is 3.09. The third-order valence-electron chi connectivity index (χ3n) is 4.82. The van der Waals surface area contributed by atoms with E-state index in [2.05, 4.69) is 16.4 Å². The van der Waals surface area contributed by atoms with E-state index < -0.39 is 26.8 Å². The predicted molar refractivity (Wildman–Crippen MR) is 116 cm³/mol. The summed E-state index contributed by atoms with van der Waals surface area (Å²) in [6.07, 6.45) is 14.6. The van der Waals surface area contributed by atoms with Crippen LogP contribution in [0.25, 0.3) is 0 Å². The van der Waals surface area contributed by atoms with Crippen molar-refractivity contribution in [2.24, 2.45) is 0 Å². The van der Waals surface area contributed by atoms with Crippen LogP contribution in [0.2, 0.25) is 0 Å². The van der Waals surface area contributed by atoms with E-state index in [0.29, 0.717) is 32.2 Å². The Morgan fingerprint density at radius 3 is 2.30 bits per heavy atom. The van der Waals surface area contributed by atoms with Gasteiger partial charge in [0, 0.05) is 25.8 Å². The summed E-state index contributed by atoms with van der Waals surface area (Å²) in [4.78, 5) is 34.7. The minimum absolute atomic E-state index is 0.0205. The predicted octanol–water partition coefficient (Wildman–Crippen LogP) is 4.09. The largest absolute Gasteiger partial charge is 0.356 e. The molecule has 1 aliphatic carbocycles. The van der Waals surface area contributed by atoms with Gasteiger partial charge < -0.3 is 9.50 Å². The maximum Gasteiger partial charge on any atom is 0.345 e. The molecule has 7 nitrogen and oxygen atoms in total. The maximum atomic E-state index is 12.0. The van der Waals surface area contributed by atoms with Crippen molar-refractivity contribution in [2.45, 2.75) is 90.4 Å². The Kier molecular flexibility index (Phi) is 13.0. The van der Waals surface area contributed by atoms with Crippen LogP contribution in [-0.4, -0.2) is 32.6 Å². The first-order chi connectivity index (χ1) is 14.4. The van der Waals surface area contributed by atoms with Gasteiger partial charge in [0.05, 0.1) is 0 Å². The molecule has 0 fully saturated rings. The first-order valence-corrected chi connectivity index (χ1v) is 12.4. The Labute approximate surface area is 180 Å². The van der Waals surface area contributed by atoms with Gasteiger partial charge in [-0.05, 0) is 25.3 Å². The minimum atomic E-state index is -4.35. The summed E-state index contributed by atoms with van der Waals surface area (Å²) in [6.45, 7) is 2.73. The number of nitrogens with one attached hydrogen (secondary N) is 1. The number of ketones is 1. The maximum absolute atomic E-state index is 12.0. The average Bonchev–Trinajstić information content (AvgIpc) is 2.69. The van der Waals surface area contributed by atoms with E-state index in [0.717, 1.165) is 18.9 Å². The lowest BCUT2D eigenvalue weighted by Crippen LogP contribution is -2.24. The number of carbonyl (C=O) groups is 3. The van der Waals surface area contributed by atoms with Crippen LogP contribution in [-0.2, 0) is 28.7 Å². The molecule has 0 atom stereocenters. The highest BCUT2D eigenvalue weighted by Gasteiger charge is 2.28. The second kappa shape index (κ2) is 14.9. The van der Waals surface area contributed by atoms with Gasteiger partial charge in [0.15, 0.2) is 5.78 Å². The van der Waals surface area contributed by atoms with Crippen LogP contribution in [0.4, 0.5) is 0 Å². The van der Waals surface area contributed by atoms with Crippen LogP contribution >= 0.6 is 0 Å². The van der Waals surface area contributed by atoms with Crippen molar-refractivity contribution in [2.75, 3.05) is 6.54 Å². The SMILES string of the molecule is CCCCCCCCCC(=O)NCCCCCC(=O)OS(=O)(=O)C1=CC=CCC1=O. The van der Waals surface area contributed by atoms with Gasteiger partial charge in [0.25, 0.3) is 0 Å². The van der Waals surface area contributed by atoms with Gasteiger partial charge in [-0.15, -0.1) is 0 Å². The minimum Gasteiger partial charge on any atom is -0.356 e. The van der Waals surface area contributed by atoms with Gasteiger partial charge in [0.1, 0.15) is 4.91 Å². The summed E-state index contributed by atoms with van der Waals surface area (Å²) in [5.41, 5.74) is 0. The smallest absolute Gasteiger partial charge is 0.345 e. The molecule has 0 aromatic heterocycles. The second-order valence-corrected chi connectivity index (χ2v) is 9.04. The summed E-state index contributed by atoms with van der Waals surface area (Å²) in [7, 11) is -4.35. The van der Waals surface area contributed by atoms with Crippen molar-refractivity contribution < 1.29 is 27.0 Å². The van der Waals surface area contributed by atoms with E-state index in [1.54, 1.807) is 0 Å². The van der Waals surface area contributed by atoms with Crippen molar-refractivity contribution in [3.8, 4) is 0 Å². The Morgan fingerprint density at radius 2 is 1.60 bits per heavy atom. The van der Waals surface area contributed by atoms with E-state index in [1.807, 2.05) is 0 Å². The summed E-state index contributed by atoms with van der Waals surface area (Å²) in [6, 6.07) is 0. The standard InChI is InChI=1S/C22H35NO6S/c1-2-3-4-5-6-7-9-16-21(25)23-18-13-8-10-17-22(26)29-30(27,28)20-15-12-11-14-19(20)24/h11-12,15H,2-10,13-14,16-18H2,1H3,(H,23,25).